The van der Waals surface area contributed by atoms with Crippen molar-refractivity contribution in [3.8, 4) is 0 Å². The van der Waals surface area contributed by atoms with Crippen LogP contribution in [0.5, 0.6) is 0 Å². The first-order valence-corrected chi connectivity index (χ1v) is 50.8. The topological polar surface area (TPSA) is 117 Å². The van der Waals surface area contributed by atoms with Gasteiger partial charge >= 0.3 is 291 Å². The fourth-order valence-electron chi connectivity index (χ4n) is 14.8. The maximum atomic E-state index is 14.9. The molecule has 0 N–H and O–H groups in total. The van der Waals surface area contributed by atoms with Crippen molar-refractivity contribution in [2.24, 2.45) is 0 Å². The average molecular weight is 1450 g/mol. The molecule has 18 heteroatoms. The monoisotopic (exact) mass is 1450 g/mol. The fourth-order valence-corrected chi connectivity index (χ4v) is 43.5. The summed E-state index contributed by atoms with van der Waals surface area (Å²) >= 11 is 16.3. The van der Waals surface area contributed by atoms with E-state index < -0.39 is 84.8 Å². The second-order valence-corrected chi connectivity index (χ2v) is 60.9. The van der Waals surface area contributed by atoms with Gasteiger partial charge in [-0.3, -0.25) is 0 Å². The number of methoxy groups -OCH3 is 1. The normalized spacial score (nSPS) is 22.0. The van der Waals surface area contributed by atoms with Crippen molar-refractivity contribution in [2.45, 2.75) is 345 Å². The molecular formula is C70H127Cl3O11Si3Sn. The Hall–Kier alpha value is -0.641. The predicted molar refractivity (Wildman–Crippen MR) is 380 cm³/mol. The molecule has 0 spiro atoms. The number of hydrogen-bond donors (Lipinski definition) is 0. The van der Waals surface area contributed by atoms with Gasteiger partial charge in [-0.25, -0.2) is 4.79 Å². The SMILES string of the molecule is C=C[C@](C)(O[Si](C)(C)C(C)(C)C)[C@@H](CCCOC(=O)c1c(Cl)cc(Cl)cc1Cl)OC(=O)CC[C@@]1(C)O[C@@H]2[C@@H](O[Si](C(C)C)(C(C)C)C(C)C)C[C@@H](CCCO[Si](C(C)C)(C(C)C)C(C)C)O[C@@H]2C[C@@H]1O/C(=C\[CH2][Sn]([CH2]CCC)([CH2]CCC)[CH2]CCC)OC. The van der Waals surface area contributed by atoms with Gasteiger partial charge < -0.3 is 13.6 Å². The summed E-state index contributed by atoms with van der Waals surface area (Å²) in [5.74, 6) is -0.565. The molecule has 1 aromatic carbocycles. The van der Waals surface area contributed by atoms with Crippen molar-refractivity contribution in [1.82, 2.24) is 0 Å². The number of carbonyl (C=O) groups excluding carboxylic acids is 2. The fraction of sp³-hybridized carbons (Fsp3) is 0.829. The summed E-state index contributed by atoms with van der Waals surface area (Å²) in [7, 11) is -5.30. The van der Waals surface area contributed by atoms with Crippen molar-refractivity contribution in [1.29, 1.82) is 0 Å². The number of unbranched alkanes of at least 4 members (excludes halogenated alkanes) is 3. The van der Waals surface area contributed by atoms with E-state index in [1.165, 1.54) is 64.0 Å². The van der Waals surface area contributed by atoms with E-state index in [4.69, 9.17) is 76.5 Å². The van der Waals surface area contributed by atoms with E-state index in [2.05, 4.69) is 157 Å². The van der Waals surface area contributed by atoms with Crippen LogP contribution >= 0.6 is 34.8 Å². The second-order valence-electron chi connectivity index (χ2n) is 30.0. The van der Waals surface area contributed by atoms with Gasteiger partial charge in [-0.05, 0) is 60.2 Å². The molecule has 2 saturated heterocycles. The zero-order valence-corrected chi connectivity index (χ0v) is 67.8. The molecule has 1 aromatic rings. The molecule has 0 unspecified atom stereocenters. The molecule has 0 aliphatic carbocycles. The summed E-state index contributed by atoms with van der Waals surface area (Å²) in [5.41, 5.74) is 0.494. The van der Waals surface area contributed by atoms with Crippen molar-refractivity contribution in [3.63, 3.8) is 0 Å². The van der Waals surface area contributed by atoms with E-state index >= 15 is 0 Å². The average Bonchev–Trinajstić information content (AvgIpc) is 2.11. The third kappa shape index (κ3) is 21.7. The molecule has 88 heavy (non-hydrogen) atoms. The summed E-state index contributed by atoms with van der Waals surface area (Å²) in [5, 5.41) is 0.339. The number of allylic oxidation sites excluding steroid dienone is 1. The molecule has 0 radical (unpaired) electrons. The van der Waals surface area contributed by atoms with Crippen LogP contribution in [-0.4, -0.2) is 123 Å². The Labute approximate surface area is 560 Å². The Balaban J connectivity index is 2.19. The Morgan fingerprint density at radius 2 is 1.30 bits per heavy atom. The van der Waals surface area contributed by atoms with Crippen molar-refractivity contribution in [2.75, 3.05) is 20.3 Å². The van der Waals surface area contributed by atoms with Gasteiger partial charge in [0.2, 0.25) is 0 Å². The molecule has 11 nitrogen and oxygen atoms in total. The van der Waals surface area contributed by atoms with Gasteiger partial charge in [0.15, 0.2) is 16.6 Å². The zero-order chi connectivity index (χ0) is 66.8. The molecule has 3 rings (SSSR count). The Kier molecular flexibility index (Phi) is 33.8. The Morgan fingerprint density at radius 1 is 0.773 bits per heavy atom. The van der Waals surface area contributed by atoms with Crippen LogP contribution in [0.25, 0.3) is 0 Å². The van der Waals surface area contributed by atoms with Crippen LogP contribution in [0, 0.1) is 0 Å². The van der Waals surface area contributed by atoms with Crippen molar-refractivity contribution < 1.29 is 51.3 Å². The summed E-state index contributed by atoms with van der Waals surface area (Å²) in [6.45, 7) is 55.0. The second kappa shape index (κ2) is 36.5. The minimum absolute atomic E-state index is 0.00415. The van der Waals surface area contributed by atoms with Gasteiger partial charge in [0.1, 0.15) is 0 Å². The van der Waals surface area contributed by atoms with Gasteiger partial charge in [0.05, 0.1) is 22.2 Å². The van der Waals surface area contributed by atoms with Gasteiger partial charge in [0.25, 0.3) is 0 Å². The number of fused-ring (bicyclic) bond motifs is 1. The first kappa shape index (κ1) is 81.6. The van der Waals surface area contributed by atoms with E-state index in [0.717, 1.165) is 17.3 Å². The third-order valence-electron chi connectivity index (χ3n) is 20.7. The van der Waals surface area contributed by atoms with E-state index in [1.807, 2.05) is 6.92 Å². The molecule has 0 amide bonds. The number of benzene rings is 1. The molecule has 0 saturated carbocycles. The van der Waals surface area contributed by atoms with Crippen molar-refractivity contribution >= 4 is 90.1 Å². The number of hydrogen-bond acceptors (Lipinski definition) is 11. The molecule has 2 fully saturated rings. The third-order valence-corrected chi connectivity index (χ3v) is 53.5. The van der Waals surface area contributed by atoms with E-state index in [9.17, 15) is 9.59 Å². The molecule has 510 valence electrons. The van der Waals surface area contributed by atoms with Gasteiger partial charge in [-0.2, -0.15) is 0 Å². The van der Waals surface area contributed by atoms with Gasteiger partial charge in [-0.1, -0.05) is 145 Å². The number of rotatable bonds is 40. The number of halogens is 3. The minimum atomic E-state index is -2.70. The predicted octanol–water partition coefficient (Wildman–Crippen LogP) is 22.2. The summed E-state index contributed by atoms with van der Waals surface area (Å²) in [6.07, 6.45) is 12.9. The number of carbonyl (C=O) groups is 2. The van der Waals surface area contributed by atoms with Gasteiger partial charge in [0, 0.05) is 5.02 Å². The van der Waals surface area contributed by atoms with Crippen LogP contribution in [-0.2, 0) is 46.5 Å². The molecule has 2 aliphatic rings. The molecule has 8 atom stereocenters. The molecule has 2 aliphatic heterocycles. The first-order chi connectivity index (χ1) is 40.9. The Bertz CT molecular complexity index is 2240. The zero-order valence-electron chi connectivity index (χ0n) is 59.7. The van der Waals surface area contributed by atoms with Crippen LogP contribution in [0.2, 0.25) is 84.2 Å². The van der Waals surface area contributed by atoms with Crippen LogP contribution in [0.1, 0.15) is 239 Å². The quantitative estimate of drug-likeness (QED) is 0.0206. The molecule has 0 aromatic heterocycles. The van der Waals surface area contributed by atoms with E-state index in [1.54, 1.807) is 13.2 Å². The van der Waals surface area contributed by atoms with Crippen LogP contribution in [0.4, 0.5) is 0 Å². The molecule has 2 heterocycles. The number of ether oxygens (including phenoxy) is 6. The maximum absolute atomic E-state index is 14.9. The molecular weight excluding hydrogens is 1330 g/mol. The van der Waals surface area contributed by atoms with Crippen LogP contribution in [0.15, 0.2) is 36.8 Å². The number of esters is 2. The molecule has 0 bridgehead atoms. The summed E-state index contributed by atoms with van der Waals surface area (Å²) < 4.78 is 68.3. The summed E-state index contributed by atoms with van der Waals surface area (Å²) in [6, 6.07) is 2.91. The Morgan fingerprint density at radius 3 is 1.76 bits per heavy atom. The van der Waals surface area contributed by atoms with Crippen molar-refractivity contribution in [3.05, 3.63) is 57.4 Å². The van der Waals surface area contributed by atoms with Crippen LogP contribution < -0.4 is 0 Å². The van der Waals surface area contributed by atoms with E-state index in [-0.39, 0.29) is 58.4 Å². The summed E-state index contributed by atoms with van der Waals surface area (Å²) in [4.78, 5) is 28.3. The van der Waals surface area contributed by atoms with Crippen LogP contribution in [0.3, 0.4) is 0 Å². The van der Waals surface area contributed by atoms with Gasteiger partial charge in [-0.15, -0.1) is 6.58 Å². The first-order valence-electron chi connectivity index (χ1n) is 34.4. The standard InChI is InChI=1S/C58H100Cl3O11Si3.3C4H9.Sn/c1-23-52(64-20)69-50-36-47-54(48(71-75(40(9)10,41(11)12)42(13)14)35-44(67-47)27-25-32-66-74(37(3)4,38(5)6)39(7)8)70-58(50,19)30-29-51(62)68-49(57(18,24-2)72-73(21,22)56(15,16)17)28-26-31-65-55(63)53-45(60)33-43(59)34-46(53)61;3*1-3-4-2;/h23-24,33-34,37-42,44,47-50,54H,1-2,25-32,35-36H2,3-22H3;3*1,3-4H2,2H3;/b52-23-;;;;/t44-,47-,48+,49-,50+,54+,57+,58-;;;;/m1..../s1. The van der Waals surface area contributed by atoms with E-state index in [0.29, 0.717) is 76.5 Å².